The number of nitrogens with two attached hydrogens (primary N) is 1. The molecule has 1 saturated heterocycles. The van der Waals surface area contributed by atoms with Gasteiger partial charge >= 0.3 is 0 Å². The molecule has 3 rings (SSSR count). The summed E-state index contributed by atoms with van der Waals surface area (Å²) in [4.78, 5) is 2.70. The van der Waals surface area contributed by atoms with Crippen molar-refractivity contribution in [1.82, 2.24) is 0 Å². The summed E-state index contributed by atoms with van der Waals surface area (Å²) in [5, 5.41) is 0. The van der Waals surface area contributed by atoms with E-state index in [4.69, 9.17) is 5.73 Å². The molecule has 2 atom stereocenters. The van der Waals surface area contributed by atoms with Gasteiger partial charge < -0.3 is 10.6 Å². The minimum Gasteiger partial charge on any atom is -0.368 e. The van der Waals surface area contributed by atoms with Gasteiger partial charge in [0.1, 0.15) is 0 Å². The maximum Gasteiger partial charge on any atom is 0.0371 e. The van der Waals surface area contributed by atoms with Crippen LogP contribution < -0.4 is 10.6 Å². The van der Waals surface area contributed by atoms with E-state index in [2.05, 4.69) is 30.0 Å². The monoisotopic (exact) mass is 272 g/mol. The van der Waals surface area contributed by atoms with Crippen LogP contribution in [0.5, 0.6) is 0 Å². The fraction of sp³-hybridized carbons (Fsp3) is 0.667. The van der Waals surface area contributed by atoms with E-state index in [-0.39, 0.29) is 0 Å². The van der Waals surface area contributed by atoms with Gasteiger partial charge in [-0.15, -0.1) is 0 Å². The van der Waals surface area contributed by atoms with Crippen LogP contribution in [0.15, 0.2) is 18.2 Å². The second-order valence-corrected chi connectivity index (χ2v) is 6.60. The van der Waals surface area contributed by atoms with Crippen molar-refractivity contribution >= 4 is 5.69 Å². The molecule has 0 amide bonds. The van der Waals surface area contributed by atoms with Gasteiger partial charge in [-0.1, -0.05) is 18.9 Å². The van der Waals surface area contributed by atoms with E-state index in [9.17, 15) is 0 Å². The zero-order chi connectivity index (χ0) is 13.9. The van der Waals surface area contributed by atoms with Gasteiger partial charge in [0.05, 0.1) is 0 Å². The van der Waals surface area contributed by atoms with Gasteiger partial charge in [-0.3, -0.25) is 0 Å². The van der Waals surface area contributed by atoms with Crippen LogP contribution in [0.3, 0.4) is 0 Å². The molecular weight excluding hydrogens is 244 g/mol. The summed E-state index contributed by atoms with van der Waals surface area (Å²) in [7, 11) is 0. The highest BCUT2D eigenvalue weighted by Crippen LogP contribution is 2.38. The molecular formula is C18H28N2. The molecule has 110 valence electrons. The summed E-state index contributed by atoms with van der Waals surface area (Å²) < 4.78 is 0. The molecule has 1 saturated carbocycles. The lowest BCUT2D eigenvalue weighted by Crippen LogP contribution is -2.46. The number of anilines is 1. The number of piperidine rings is 1. The summed E-state index contributed by atoms with van der Waals surface area (Å²) in [6.07, 6.45) is 9.53. The van der Waals surface area contributed by atoms with Crippen molar-refractivity contribution in [2.24, 2.45) is 11.7 Å². The van der Waals surface area contributed by atoms with Gasteiger partial charge in [0.15, 0.2) is 0 Å². The largest absolute Gasteiger partial charge is 0.368 e. The minimum atomic E-state index is 0.745. The molecule has 2 heteroatoms. The van der Waals surface area contributed by atoms with Crippen molar-refractivity contribution in [3.8, 4) is 0 Å². The van der Waals surface area contributed by atoms with Crippen LogP contribution in [0.2, 0.25) is 0 Å². The molecule has 1 aliphatic carbocycles. The Morgan fingerprint density at radius 2 is 1.95 bits per heavy atom. The van der Waals surface area contributed by atoms with E-state index in [0.717, 1.165) is 24.9 Å². The topological polar surface area (TPSA) is 29.3 Å². The SMILES string of the molecule is Cc1cc(N2CCC[C@H]3CCCC[C@H]32)ccc1CCN. The Bertz CT molecular complexity index is 453. The lowest BCUT2D eigenvalue weighted by atomic mass is 9.78. The van der Waals surface area contributed by atoms with Crippen LogP contribution >= 0.6 is 0 Å². The van der Waals surface area contributed by atoms with Crippen molar-refractivity contribution in [3.63, 3.8) is 0 Å². The molecule has 2 aliphatic rings. The molecule has 0 bridgehead atoms. The standard InChI is InChI=1S/C18H28N2/c1-14-13-17(9-8-15(14)10-11-19)20-12-4-6-16-5-2-3-7-18(16)20/h8-9,13,16,18H,2-7,10-12,19H2,1H3/t16-,18-/m1/s1. The molecule has 2 fully saturated rings. The molecule has 0 spiro atoms. The highest BCUT2D eigenvalue weighted by molar-refractivity contribution is 5.52. The first-order valence-corrected chi connectivity index (χ1v) is 8.36. The fourth-order valence-electron chi connectivity index (χ4n) is 4.24. The number of hydrogen-bond acceptors (Lipinski definition) is 2. The van der Waals surface area contributed by atoms with E-state index in [0.29, 0.717) is 0 Å². The summed E-state index contributed by atoms with van der Waals surface area (Å²) in [5.41, 5.74) is 9.95. The minimum absolute atomic E-state index is 0.745. The van der Waals surface area contributed by atoms with Gasteiger partial charge in [0, 0.05) is 18.3 Å². The number of nitrogens with zero attached hydrogens (tertiary/aromatic N) is 1. The summed E-state index contributed by atoms with van der Waals surface area (Å²) in [6.45, 7) is 4.22. The summed E-state index contributed by atoms with van der Waals surface area (Å²) in [6, 6.07) is 7.82. The maximum atomic E-state index is 5.69. The molecule has 0 aromatic heterocycles. The number of benzene rings is 1. The molecule has 20 heavy (non-hydrogen) atoms. The first kappa shape index (κ1) is 13.9. The van der Waals surface area contributed by atoms with Crippen molar-refractivity contribution in [3.05, 3.63) is 29.3 Å². The van der Waals surface area contributed by atoms with Gasteiger partial charge in [0.2, 0.25) is 0 Å². The van der Waals surface area contributed by atoms with E-state index in [1.807, 2.05) is 0 Å². The lowest BCUT2D eigenvalue weighted by Gasteiger charge is -2.45. The Labute approximate surface area is 123 Å². The van der Waals surface area contributed by atoms with E-state index in [1.165, 1.54) is 61.9 Å². The second-order valence-electron chi connectivity index (χ2n) is 6.60. The predicted molar refractivity (Wildman–Crippen MR) is 86.3 cm³/mol. The summed E-state index contributed by atoms with van der Waals surface area (Å²) >= 11 is 0. The van der Waals surface area contributed by atoms with Gasteiger partial charge in [-0.2, -0.15) is 0 Å². The van der Waals surface area contributed by atoms with Crippen molar-refractivity contribution in [2.75, 3.05) is 18.0 Å². The molecule has 0 radical (unpaired) electrons. The number of aryl methyl sites for hydroxylation is 1. The summed E-state index contributed by atoms with van der Waals surface area (Å²) in [5.74, 6) is 0.946. The van der Waals surface area contributed by atoms with Gasteiger partial charge in [0.25, 0.3) is 0 Å². The number of rotatable bonds is 3. The normalized spacial score (nSPS) is 26.4. The average molecular weight is 272 g/mol. The molecule has 1 heterocycles. The van der Waals surface area contributed by atoms with Gasteiger partial charge in [-0.25, -0.2) is 0 Å². The predicted octanol–water partition coefficient (Wildman–Crippen LogP) is 3.66. The molecule has 2 N–H and O–H groups in total. The zero-order valence-electron chi connectivity index (χ0n) is 12.8. The van der Waals surface area contributed by atoms with Crippen LogP contribution in [0.1, 0.15) is 49.7 Å². The maximum absolute atomic E-state index is 5.69. The Hall–Kier alpha value is -1.02. The highest BCUT2D eigenvalue weighted by atomic mass is 15.2. The third-order valence-corrected chi connectivity index (χ3v) is 5.31. The molecule has 1 aliphatic heterocycles. The molecule has 0 unspecified atom stereocenters. The lowest BCUT2D eigenvalue weighted by molar-refractivity contribution is 0.244. The third-order valence-electron chi connectivity index (χ3n) is 5.31. The smallest absolute Gasteiger partial charge is 0.0371 e. The Morgan fingerprint density at radius 1 is 1.15 bits per heavy atom. The van der Waals surface area contributed by atoms with E-state index >= 15 is 0 Å². The first-order chi connectivity index (χ1) is 9.79. The van der Waals surface area contributed by atoms with Crippen LogP contribution in [-0.2, 0) is 6.42 Å². The van der Waals surface area contributed by atoms with Crippen molar-refractivity contribution in [1.29, 1.82) is 0 Å². The Kier molecular flexibility index (Phi) is 4.30. The van der Waals surface area contributed by atoms with E-state index < -0.39 is 0 Å². The van der Waals surface area contributed by atoms with Gasteiger partial charge in [-0.05, 0) is 74.8 Å². The second kappa shape index (κ2) is 6.17. The molecule has 2 nitrogen and oxygen atoms in total. The Morgan fingerprint density at radius 3 is 2.75 bits per heavy atom. The van der Waals surface area contributed by atoms with Crippen molar-refractivity contribution < 1.29 is 0 Å². The highest BCUT2D eigenvalue weighted by Gasteiger charge is 2.33. The quantitative estimate of drug-likeness (QED) is 0.910. The zero-order valence-corrected chi connectivity index (χ0v) is 12.8. The van der Waals surface area contributed by atoms with Crippen LogP contribution in [0.25, 0.3) is 0 Å². The van der Waals surface area contributed by atoms with Crippen LogP contribution in [0.4, 0.5) is 5.69 Å². The van der Waals surface area contributed by atoms with Crippen molar-refractivity contribution in [2.45, 2.75) is 57.9 Å². The molecule has 1 aromatic carbocycles. The van der Waals surface area contributed by atoms with Crippen LogP contribution in [-0.4, -0.2) is 19.1 Å². The Balaban J connectivity index is 1.82. The van der Waals surface area contributed by atoms with Crippen LogP contribution in [0, 0.1) is 12.8 Å². The number of fused-ring (bicyclic) bond motifs is 1. The average Bonchev–Trinajstić information content (AvgIpc) is 2.49. The van der Waals surface area contributed by atoms with E-state index in [1.54, 1.807) is 0 Å². The number of hydrogen-bond donors (Lipinski definition) is 1. The fourth-order valence-corrected chi connectivity index (χ4v) is 4.24. The third kappa shape index (κ3) is 2.71. The first-order valence-electron chi connectivity index (χ1n) is 8.36. The molecule has 1 aromatic rings.